The van der Waals surface area contributed by atoms with Gasteiger partial charge in [0.15, 0.2) is 11.5 Å². The molecule has 1 heterocycles. The molecule has 7 nitrogen and oxygen atoms in total. The topological polar surface area (TPSA) is 76.6 Å². The minimum atomic E-state index is -0.207. The molecule has 0 saturated carbocycles. The van der Waals surface area contributed by atoms with Crippen molar-refractivity contribution in [2.45, 2.75) is 20.3 Å². The Hall–Kier alpha value is -2.83. The second-order valence-corrected chi connectivity index (χ2v) is 5.61. The minimum absolute atomic E-state index is 0.207. The van der Waals surface area contributed by atoms with Crippen molar-refractivity contribution >= 4 is 11.9 Å². The van der Waals surface area contributed by atoms with Gasteiger partial charge in [-0.3, -0.25) is 4.79 Å². The van der Waals surface area contributed by atoms with Gasteiger partial charge in [0.25, 0.3) is 5.91 Å². The van der Waals surface area contributed by atoms with Crippen LogP contribution in [0, 0.1) is 0 Å². The lowest BCUT2D eigenvalue weighted by molar-refractivity contribution is 0.0949. The van der Waals surface area contributed by atoms with Crippen molar-refractivity contribution in [1.82, 2.24) is 15.3 Å². The van der Waals surface area contributed by atoms with Crippen molar-refractivity contribution in [3.8, 4) is 11.5 Å². The number of benzene rings is 1. The normalized spacial score (nSPS) is 10.3. The Kier molecular flexibility index (Phi) is 7.20. The van der Waals surface area contributed by atoms with E-state index in [2.05, 4.69) is 15.3 Å². The molecule has 0 atom stereocenters. The summed E-state index contributed by atoms with van der Waals surface area (Å²) in [6.45, 7) is 6.14. The minimum Gasteiger partial charge on any atom is -0.493 e. The fourth-order valence-corrected chi connectivity index (χ4v) is 2.58. The number of nitrogens with one attached hydrogen (secondary N) is 1. The van der Waals surface area contributed by atoms with Crippen LogP contribution >= 0.6 is 0 Å². The first-order valence-corrected chi connectivity index (χ1v) is 8.70. The van der Waals surface area contributed by atoms with Gasteiger partial charge in [0.1, 0.15) is 5.69 Å². The zero-order valence-corrected chi connectivity index (χ0v) is 15.8. The quantitative estimate of drug-likeness (QED) is 0.741. The monoisotopic (exact) mass is 358 g/mol. The van der Waals surface area contributed by atoms with E-state index < -0.39 is 0 Å². The van der Waals surface area contributed by atoms with E-state index in [4.69, 9.17) is 9.47 Å². The molecule has 1 amide bonds. The molecular weight excluding hydrogens is 332 g/mol. The summed E-state index contributed by atoms with van der Waals surface area (Å²) in [5, 5.41) is 2.90. The highest BCUT2D eigenvalue weighted by atomic mass is 16.5. The van der Waals surface area contributed by atoms with Crippen molar-refractivity contribution in [2.24, 2.45) is 0 Å². The third-order valence-corrected chi connectivity index (χ3v) is 4.07. The molecule has 0 radical (unpaired) electrons. The van der Waals surface area contributed by atoms with E-state index in [9.17, 15) is 4.79 Å². The molecule has 140 valence electrons. The van der Waals surface area contributed by atoms with Crippen molar-refractivity contribution in [3.05, 3.63) is 41.7 Å². The Balaban J connectivity index is 1.96. The van der Waals surface area contributed by atoms with Gasteiger partial charge in [-0.05, 0) is 44.0 Å². The molecule has 1 aromatic carbocycles. The summed E-state index contributed by atoms with van der Waals surface area (Å²) >= 11 is 0. The molecule has 1 N–H and O–H groups in total. The lowest BCUT2D eigenvalue weighted by Gasteiger charge is -2.18. The molecule has 1 aromatic heterocycles. The lowest BCUT2D eigenvalue weighted by Crippen LogP contribution is -2.29. The number of carbonyl (C=O) groups is 1. The smallest absolute Gasteiger partial charge is 0.270 e. The molecule has 2 aromatic rings. The zero-order valence-electron chi connectivity index (χ0n) is 15.8. The Bertz CT molecular complexity index is 732. The van der Waals surface area contributed by atoms with Crippen LogP contribution in [-0.4, -0.2) is 49.7 Å². The van der Waals surface area contributed by atoms with E-state index in [0.29, 0.717) is 36.1 Å². The summed E-state index contributed by atoms with van der Waals surface area (Å²) < 4.78 is 10.5. The molecule has 7 heteroatoms. The van der Waals surface area contributed by atoms with Gasteiger partial charge in [-0.25, -0.2) is 9.97 Å². The van der Waals surface area contributed by atoms with Crippen molar-refractivity contribution in [1.29, 1.82) is 0 Å². The van der Waals surface area contributed by atoms with Crippen molar-refractivity contribution in [2.75, 3.05) is 38.8 Å². The summed E-state index contributed by atoms with van der Waals surface area (Å²) in [6, 6.07) is 7.35. The Morgan fingerprint density at radius 1 is 1.12 bits per heavy atom. The number of carbonyl (C=O) groups excluding carboxylic acids is 1. The predicted octanol–water partition coefficient (Wildman–Crippen LogP) is 2.31. The van der Waals surface area contributed by atoms with Gasteiger partial charge in [0.2, 0.25) is 5.95 Å². The van der Waals surface area contributed by atoms with Crippen molar-refractivity contribution in [3.63, 3.8) is 0 Å². The second kappa shape index (κ2) is 9.60. The van der Waals surface area contributed by atoms with E-state index in [1.54, 1.807) is 26.5 Å². The zero-order chi connectivity index (χ0) is 18.9. The molecule has 0 aliphatic carbocycles. The first kappa shape index (κ1) is 19.5. The Morgan fingerprint density at radius 2 is 1.85 bits per heavy atom. The average Bonchev–Trinajstić information content (AvgIpc) is 2.69. The van der Waals surface area contributed by atoms with Gasteiger partial charge in [0.05, 0.1) is 14.2 Å². The number of amides is 1. The number of aromatic nitrogens is 2. The first-order chi connectivity index (χ1) is 12.6. The third kappa shape index (κ3) is 4.84. The van der Waals surface area contributed by atoms with Gasteiger partial charge >= 0.3 is 0 Å². The van der Waals surface area contributed by atoms with Crippen LogP contribution in [0.5, 0.6) is 11.5 Å². The van der Waals surface area contributed by atoms with Crippen LogP contribution < -0.4 is 19.7 Å². The van der Waals surface area contributed by atoms with Crippen LogP contribution in [0.25, 0.3) is 0 Å². The fraction of sp³-hybridized carbons (Fsp3) is 0.421. The first-order valence-electron chi connectivity index (χ1n) is 8.70. The Labute approximate surface area is 154 Å². The standard InChI is InChI=1S/C19H26N4O3/c1-5-23(6-2)19-21-12-10-15(22-19)18(24)20-11-9-14-7-8-16(25-3)17(13-14)26-4/h7-8,10,12-13H,5-6,9,11H2,1-4H3,(H,20,24). The van der Waals surface area contributed by atoms with Gasteiger partial charge in [-0.15, -0.1) is 0 Å². The van der Waals surface area contributed by atoms with Crippen LogP contribution in [0.1, 0.15) is 29.9 Å². The summed E-state index contributed by atoms with van der Waals surface area (Å²) in [5.74, 6) is 1.73. The maximum Gasteiger partial charge on any atom is 0.270 e. The number of hydrogen-bond acceptors (Lipinski definition) is 6. The van der Waals surface area contributed by atoms with Crippen LogP contribution in [0.4, 0.5) is 5.95 Å². The van der Waals surface area contributed by atoms with Crippen LogP contribution in [0.15, 0.2) is 30.5 Å². The van der Waals surface area contributed by atoms with Gasteiger partial charge < -0.3 is 19.7 Å². The highest BCUT2D eigenvalue weighted by molar-refractivity contribution is 5.92. The van der Waals surface area contributed by atoms with E-state index in [0.717, 1.165) is 18.7 Å². The molecule has 0 aliphatic heterocycles. The molecule has 0 bridgehead atoms. The van der Waals surface area contributed by atoms with E-state index in [-0.39, 0.29) is 5.91 Å². The fourth-order valence-electron chi connectivity index (χ4n) is 2.58. The predicted molar refractivity (Wildman–Crippen MR) is 101 cm³/mol. The maximum atomic E-state index is 12.3. The SMILES string of the molecule is CCN(CC)c1nccc(C(=O)NCCc2ccc(OC)c(OC)c2)n1. The molecule has 0 aliphatic rings. The van der Waals surface area contributed by atoms with Crippen LogP contribution in [-0.2, 0) is 6.42 Å². The Morgan fingerprint density at radius 3 is 2.50 bits per heavy atom. The van der Waals surface area contributed by atoms with Gasteiger partial charge in [-0.1, -0.05) is 6.07 Å². The highest BCUT2D eigenvalue weighted by Gasteiger charge is 2.11. The third-order valence-electron chi connectivity index (χ3n) is 4.07. The number of methoxy groups -OCH3 is 2. The molecule has 26 heavy (non-hydrogen) atoms. The van der Waals surface area contributed by atoms with E-state index >= 15 is 0 Å². The summed E-state index contributed by atoms with van der Waals surface area (Å²) in [5.41, 5.74) is 1.42. The van der Waals surface area contributed by atoms with Gasteiger partial charge in [-0.2, -0.15) is 0 Å². The molecule has 0 saturated heterocycles. The van der Waals surface area contributed by atoms with Crippen LogP contribution in [0.3, 0.4) is 0 Å². The molecule has 0 spiro atoms. The van der Waals surface area contributed by atoms with Crippen molar-refractivity contribution < 1.29 is 14.3 Å². The number of rotatable bonds is 9. The maximum absolute atomic E-state index is 12.3. The molecular formula is C19H26N4O3. The largest absolute Gasteiger partial charge is 0.493 e. The second-order valence-electron chi connectivity index (χ2n) is 5.61. The van der Waals surface area contributed by atoms with E-state index in [1.165, 1.54) is 0 Å². The number of anilines is 1. The summed E-state index contributed by atoms with van der Waals surface area (Å²) in [4.78, 5) is 22.9. The lowest BCUT2D eigenvalue weighted by atomic mass is 10.1. The van der Waals surface area contributed by atoms with Gasteiger partial charge in [0, 0.05) is 25.8 Å². The highest BCUT2D eigenvalue weighted by Crippen LogP contribution is 2.27. The summed E-state index contributed by atoms with van der Waals surface area (Å²) in [6.07, 6.45) is 2.30. The van der Waals surface area contributed by atoms with E-state index in [1.807, 2.05) is 36.9 Å². The van der Waals surface area contributed by atoms with Crippen LogP contribution in [0.2, 0.25) is 0 Å². The average molecular weight is 358 g/mol. The number of ether oxygens (including phenoxy) is 2. The molecule has 2 rings (SSSR count). The molecule has 0 fully saturated rings. The number of hydrogen-bond donors (Lipinski definition) is 1. The number of nitrogens with zero attached hydrogens (tertiary/aromatic N) is 3. The molecule has 0 unspecified atom stereocenters. The summed E-state index contributed by atoms with van der Waals surface area (Å²) in [7, 11) is 3.21.